The third-order valence-electron chi connectivity index (χ3n) is 3.79. The third kappa shape index (κ3) is 4.79. The van der Waals surface area contributed by atoms with E-state index < -0.39 is 6.09 Å². The van der Waals surface area contributed by atoms with E-state index >= 15 is 0 Å². The molecule has 7 heteroatoms. The maximum Gasteiger partial charge on any atom is 0.419 e. The lowest BCUT2D eigenvalue weighted by Gasteiger charge is -2.32. The lowest BCUT2D eigenvalue weighted by atomic mass is 9.83. The Morgan fingerprint density at radius 1 is 1.38 bits per heavy atom. The van der Waals surface area contributed by atoms with Gasteiger partial charge in [0.15, 0.2) is 0 Å². The van der Waals surface area contributed by atoms with Crippen molar-refractivity contribution in [3.05, 3.63) is 43.1 Å². The lowest BCUT2D eigenvalue weighted by molar-refractivity contribution is 0.184. The summed E-state index contributed by atoms with van der Waals surface area (Å²) in [4.78, 5) is 19.3. The van der Waals surface area contributed by atoms with E-state index in [1.165, 1.54) is 0 Å². The van der Waals surface area contributed by atoms with Crippen molar-refractivity contribution >= 4 is 6.09 Å². The number of nitrogens with zero attached hydrogens (tertiary/aromatic N) is 3. The van der Waals surface area contributed by atoms with E-state index in [9.17, 15) is 4.79 Å². The minimum atomic E-state index is -1.11. The standard InChI is InChI=1S/C17H24N5O2/c1-12(8-15(17(2,3)4)20-21-16(23)24)22-10-14(19-11-22)13-6-5-7-18-9-13/h5-7,9-12,20-21H,8H2,1-4H3,(H,23,24)/t12-/m1/s1. The molecule has 0 saturated heterocycles. The number of amides is 1. The molecule has 1 amide bonds. The smallest absolute Gasteiger partial charge is 0.419 e. The number of aromatic nitrogens is 3. The molecule has 0 aliphatic carbocycles. The predicted octanol–water partition coefficient (Wildman–Crippen LogP) is 3.25. The highest BCUT2D eigenvalue weighted by molar-refractivity contribution is 5.63. The Labute approximate surface area is 142 Å². The van der Waals surface area contributed by atoms with Crippen molar-refractivity contribution in [1.82, 2.24) is 25.4 Å². The van der Waals surface area contributed by atoms with Gasteiger partial charge >= 0.3 is 6.09 Å². The Morgan fingerprint density at radius 2 is 2.12 bits per heavy atom. The fourth-order valence-electron chi connectivity index (χ4n) is 2.32. The number of carboxylic acid groups (broad SMARTS) is 1. The first-order valence-corrected chi connectivity index (χ1v) is 7.82. The van der Waals surface area contributed by atoms with Crippen molar-refractivity contribution in [3.63, 3.8) is 0 Å². The molecule has 1 radical (unpaired) electrons. The van der Waals surface area contributed by atoms with Crippen LogP contribution in [0.5, 0.6) is 0 Å². The molecular formula is C17H24N5O2. The average Bonchev–Trinajstić information content (AvgIpc) is 3.00. The summed E-state index contributed by atoms with van der Waals surface area (Å²) in [6.45, 7) is 8.20. The summed E-state index contributed by atoms with van der Waals surface area (Å²) < 4.78 is 2.02. The molecule has 0 bridgehead atoms. The van der Waals surface area contributed by atoms with Gasteiger partial charge in [0.1, 0.15) is 0 Å². The number of pyridine rings is 1. The molecule has 0 aliphatic rings. The predicted molar refractivity (Wildman–Crippen MR) is 91.8 cm³/mol. The molecular weight excluding hydrogens is 306 g/mol. The first kappa shape index (κ1) is 17.9. The number of rotatable bonds is 6. The van der Waals surface area contributed by atoms with Crippen LogP contribution in [0.1, 0.15) is 40.2 Å². The number of hydrogen-bond donors (Lipinski definition) is 3. The fraction of sp³-hybridized carbons (Fsp3) is 0.412. The number of hydrogen-bond acceptors (Lipinski definition) is 4. The van der Waals surface area contributed by atoms with Gasteiger partial charge < -0.3 is 9.67 Å². The van der Waals surface area contributed by atoms with Crippen molar-refractivity contribution in [3.8, 4) is 11.3 Å². The van der Waals surface area contributed by atoms with Crippen LogP contribution >= 0.6 is 0 Å². The van der Waals surface area contributed by atoms with E-state index in [4.69, 9.17) is 5.11 Å². The quantitative estimate of drug-likeness (QED) is 0.707. The van der Waals surface area contributed by atoms with Gasteiger partial charge in [-0.15, -0.1) is 0 Å². The second kappa shape index (κ2) is 7.44. The molecule has 24 heavy (non-hydrogen) atoms. The molecule has 2 heterocycles. The lowest BCUT2D eigenvalue weighted by Crippen LogP contribution is -2.44. The van der Waals surface area contributed by atoms with Crippen LogP contribution in [-0.4, -0.2) is 25.7 Å². The molecule has 2 aromatic heterocycles. The van der Waals surface area contributed by atoms with Gasteiger partial charge in [-0.1, -0.05) is 20.8 Å². The molecule has 0 spiro atoms. The van der Waals surface area contributed by atoms with Crippen LogP contribution in [0.3, 0.4) is 0 Å². The SMILES string of the molecule is C[C@H](C[C](NNC(=O)O)C(C)(C)C)n1cnc(-c2cccnc2)c1. The van der Waals surface area contributed by atoms with Crippen LogP contribution in [0.25, 0.3) is 11.3 Å². The number of hydrazine groups is 1. The van der Waals surface area contributed by atoms with Crippen molar-refractivity contribution in [2.24, 2.45) is 5.41 Å². The minimum Gasteiger partial charge on any atom is -0.464 e. The molecule has 0 aliphatic heterocycles. The van der Waals surface area contributed by atoms with Crippen LogP contribution in [0.4, 0.5) is 4.79 Å². The molecule has 0 saturated carbocycles. The van der Waals surface area contributed by atoms with Crippen LogP contribution < -0.4 is 10.9 Å². The minimum absolute atomic E-state index is 0.125. The molecule has 7 nitrogen and oxygen atoms in total. The van der Waals surface area contributed by atoms with Gasteiger partial charge in [-0.05, 0) is 30.9 Å². The Balaban J connectivity index is 2.08. The molecule has 2 aromatic rings. The van der Waals surface area contributed by atoms with E-state index in [1.54, 1.807) is 18.7 Å². The van der Waals surface area contributed by atoms with Gasteiger partial charge in [0, 0.05) is 30.2 Å². The Morgan fingerprint density at radius 3 is 2.71 bits per heavy atom. The maximum atomic E-state index is 10.7. The Bertz CT molecular complexity index is 663. The fourth-order valence-corrected chi connectivity index (χ4v) is 2.32. The van der Waals surface area contributed by atoms with Crippen LogP contribution in [-0.2, 0) is 0 Å². The highest BCUT2D eigenvalue weighted by Crippen LogP contribution is 2.32. The van der Waals surface area contributed by atoms with Crippen LogP contribution in [0, 0.1) is 11.5 Å². The molecule has 129 valence electrons. The number of nitrogens with one attached hydrogen (secondary N) is 2. The van der Waals surface area contributed by atoms with Crippen LogP contribution in [0.2, 0.25) is 0 Å². The van der Waals surface area contributed by atoms with E-state index in [0.29, 0.717) is 6.42 Å². The average molecular weight is 330 g/mol. The summed E-state index contributed by atoms with van der Waals surface area (Å²) in [5, 5.41) is 8.80. The van der Waals surface area contributed by atoms with Gasteiger partial charge in [0.2, 0.25) is 0 Å². The van der Waals surface area contributed by atoms with Crippen LogP contribution in [0.15, 0.2) is 37.1 Å². The second-order valence-corrected chi connectivity index (χ2v) is 6.78. The van der Waals surface area contributed by atoms with E-state index in [1.807, 2.05) is 43.7 Å². The monoisotopic (exact) mass is 330 g/mol. The number of carbonyl (C=O) groups is 1. The highest BCUT2D eigenvalue weighted by atomic mass is 16.4. The van der Waals surface area contributed by atoms with Crippen molar-refractivity contribution in [2.45, 2.75) is 40.2 Å². The molecule has 2 rings (SSSR count). The summed E-state index contributed by atoms with van der Waals surface area (Å²) >= 11 is 0. The number of imidazole rings is 1. The second-order valence-electron chi connectivity index (χ2n) is 6.78. The molecule has 0 unspecified atom stereocenters. The first-order chi connectivity index (χ1) is 11.3. The summed E-state index contributed by atoms with van der Waals surface area (Å²) in [6.07, 6.45) is 6.85. The molecule has 3 N–H and O–H groups in total. The zero-order valence-corrected chi connectivity index (χ0v) is 14.4. The Hall–Kier alpha value is -2.41. The first-order valence-electron chi connectivity index (χ1n) is 7.82. The maximum absolute atomic E-state index is 10.7. The van der Waals surface area contributed by atoms with Gasteiger partial charge in [-0.25, -0.2) is 15.2 Å². The van der Waals surface area contributed by atoms with Gasteiger partial charge in [0.05, 0.1) is 18.1 Å². The molecule has 0 aromatic carbocycles. The summed E-state index contributed by atoms with van der Waals surface area (Å²) in [5.74, 6) is 0. The van der Waals surface area contributed by atoms with Crippen molar-refractivity contribution < 1.29 is 9.90 Å². The zero-order valence-electron chi connectivity index (χ0n) is 14.4. The summed E-state index contributed by atoms with van der Waals surface area (Å²) in [6, 6.07) is 4.88. The molecule has 0 fully saturated rings. The van der Waals surface area contributed by atoms with Gasteiger partial charge in [-0.3, -0.25) is 10.4 Å². The topological polar surface area (TPSA) is 92.1 Å². The van der Waals surface area contributed by atoms with E-state index in [-0.39, 0.29) is 11.5 Å². The van der Waals surface area contributed by atoms with E-state index in [2.05, 4.69) is 27.7 Å². The van der Waals surface area contributed by atoms with E-state index in [0.717, 1.165) is 17.3 Å². The molecule has 1 atom stereocenters. The van der Waals surface area contributed by atoms with Gasteiger partial charge in [-0.2, -0.15) is 0 Å². The van der Waals surface area contributed by atoms with Crippen molar-refractivity contribution in [2.75, 3.05) is 0 Å². The highest BCUT2D eigenvalue weighted by Gasteiger charge is 2.28. The Kier molecular flexibility index (Phi) is 5.56. The van der Waals surface area contributed by atoms with Crippen molar-refractivity contribution in [1.29, 1.82) is 0 Å². The third-order valence-corrected chi connectivity index (χ3v) is 3.79. The van der Waals surface area contributed by atoms with Gasteiger partial charge in [0.25, 0.3) is 0 Å². The summed E-state index contributed by atoms with van der Waals surface area (Å²) in [5.41, 5.74) is 6.71. The largest absolute Gasteiger partial charge is 0.464 e. The summed E-state index contributed by atoms with van der Waals surface area (Å²) in [7, 11) is 0. The zero-order chi connectivity index (χ0) is 17.7. The normalized spacial score (nSPS) is 13.0.